The molecule has 0 aliphatic heterocycles. The number of hydrogen-bond donors (Lipinski definition) is 2. The van der Waals surface area contributed by atoms with E-state index >= 15 is 0 Å². The Morgan fingerprint density at radius 2 is 1.93 bits per heavy atom. The van der Waals surface area contributed by atoms with Crippen LogP contribution in [-0.4, -0.2) is 22.2 Å². The van der Waals surface area contributed by atoms with E-state index in [0.29, 0.717) is 0 Å². The highest BCUT2D eigenvalue weighted by Gasteiger charge is 2.15. The third-order valence-electron chi connectivity index (χ3n) is 4.70. The molecule has 28 heavy (non-hydrogen) atoms. The lowest BCUT2D eigenvalue weighted by molar-refractivity contribution is 0.281. The number of thiophene rings is 1. The van der Waals surface area contributed by atoms with Crippen LogP contribution in [0.3, 0.4) is 0 Å². The van der Waals surface area contributed by atoms with Crippen molar-refractivity contribution in [3.05, 3.63) is 72.1 Å². The van der Waals surface area contributed by atoms with Crippen LogP contribution >= 0.6 is 11.3 Å². The molecule has 0 unspecified atom stereocenters. The molecule has 2 N–H and O–H groups in total. The normalized spacial score (nSPS) is 12.1. The van der Waals surface area contributed by atoms with Crippen molar-refractivity contribution in [3.8, 4) is 16.2 Å². The lowest BCUT2D eigenvalue weighted by atomic mass is 10.1. The molecular weight excluding hydrogens is 370 g/mol. The molecule has 1 atom stereocenters. The summed E-state index contributed by atoms with van der Waals surface area (Å²) < 4.78 is 5.53. The fourth-order valence-corrected chi connectivity index (χ4v) is 4.20. The molecule has 0 bridgehead atoms. The van der Waals surface area contributed by atoms with Gasteiger partial charge in [0.2, 0.25) is 0 Å². The maximum atomic E-state index is 9.37. The maximum Gasteiger partial charge on any atom is 0.138 e. The zero-order valence-electron chi connectivity index (χ0n) is 15.7. The van der Waals surface area contributed by atoms with Crippen LogP contribution in [0.5, 0.6) is 5.75 Å². The molecule has 0 saturated carbocycles. The van der Waals surface area contributed by atoms with Gasteiger partial charge >= 0.3 is 0 Å². The Morgan fingerprint density at radius 1 is 1.11 bits per heavy atom. The quantitative estimate of drug-likeness (QED) is 0.482. The van der Waals surface area contributed by atoms with Gasteiger partial charge in [0, 0.05) is 16.5 Å². The summed E-state index contributed by atoms with van der Waals surface area (Å²) in [6.45, 7) is 2.10. The average molecular weight is 391 g/mol. The smallest absolute Gasteiger partial charge is 0.138 e. The van der Waals surface area contributed by atoms with E-state index in [1.165, 1.54) is 5.56 Å². The number of anilines is 1. The van der Waals surface area contributed by atoms with Gasteiger partial charge in [-0.3, -0.25) is 0 Å². The number of nitrogens with zero attached hydrogens (tertiary/aromatic N) is 2. The van der Waals surface area contributed by atoms with Crippen LogP contribution in [0.1, 0.15) is 24.1 Å². The second-order valence-electron chi connectivity index (χ2n) is 6.52. The highest BCUT2D eigenvalue weighted by Crippen LogP contribution is 2.40. The molecule has 0 spiro atoms. The van der Waals surface area contributed by atoms with Crippen molar-refractivity contribution in [2.75, 3.05) is 12.4 Å². The molecule has 0 saturated heterocycles. The van der Waals surface area contributed by atoms with E-state index in [2.05, 4.69) is 40.4 Å². The lowest BCUT2D eigenvalue weighted by Crippen LogP contribution is -2.08. The van der Waals surface area contributed by atoms with E-state index < -0.39 is 0 Å². The second kappa shape index (κ2) is 7.96. The number of rotatable bonds is 6. The lowest BCUT2D eigenvalue weighted by Gasteiger charge is -2.15. The molecule has 142 valence electrons. The summed E-state index contributed by atoms with van der Waals surface area (Å²) in [6, 6.07) is 18.2. The van der Waals surface area contributed by atoms with Crippen molar-refractivity contribution in [2.24, 2.45) is 0 Å². The third-order valence-corrected chi connectivity index (χ3v) is 5.77. The Hall–Kier alpha value is -2.96. The number of fused-ring (bicyclic) bond motifs is 1. The van der Waals surface area contributed by atoms with Crippen LogP contribution < -0.4 is 10.1 Å². The highest BCUT2D eigenvalue weighted by molar-refractivity contribution is 7.22. The number of aliphatic hydroxyl groups is 1. The molecule has 2 aromatic carbocycles. The van der Waals surface area contributed by atoms with Gasteiger partial charge in [0.05, 0.1) is 19.1 Å². The van der Waals surface area contributed by atoms with Crippen molar-refractivity contribution in [1.82, 2.24) is 9.97 Å². The van der Waals surface area contributed by atoms with Crippen molar-refractivity contribution >= 4 is 27.4 Å². The highest BCUT2D eigenvalue weighted by atomic mass is 32.1. The number of aromatic nitrogens is 2. The molecule has 4 rings (SSSR count). The summed E-state index contributed by atoms with van der Waals surface area (Å²) in [5, 5.41) is 13.9. The molecule has 0 radical (unpaired) electrons. The first kappa shape index (κ1) is 18.4. The van der Waals surface area contributed by atoms with Gasteiger partial charge in [-0.1, -0.05) is 36.4 Å². The number of hydrogen-bond acceptors (Lipinski definition) is 6. The van der Waals surface area contributed by atoms with E-state index in [4.69, 9.17) is 4.74 Å². The first-order chi connectivity index (χ1) is 13.7. The van der Waals surface area contributed by atoms with Crippen LogP contribution in [0.4, 0.5) is 5.82 Å². The molecule has 2 aromatic heterocycles. The first-order valence-corrected chi connectivity index (χ1v) is 9.85. The fourth-order valence-electron chi connectivity index (χ4n) is 3.17. The van der Waals surface area contributed by atoms with Gasteiger partial charge in [-0.05, 0) is 36.2 Å². The van der Waals surface area contributed by atoms with Gasteiger partial charge in [-0.2, -0.15) is 0 Å². The zero-order chi connectivity index (χ0) is 19.5. The van der Waals surface area contributed by atoms with E-state index in [1.807, 2.05) is 36.4 Å². The molecule has 0 aliphatic rings. The van der Waals surface area contributed by atoms with Crippen molar-refractivity contribution < 1.29 is 9.84 Å². The molecule has 6 heteroatoms. The van der Waals surface area contributed by atoms with Crippen LogP contribution in [-0.2, 0) is 6.61 Å². The molecule has 2 heterocycles. The van der Waals surface area contributed by atoms with Gasteiger partial charge < -0.3 is 15.2 Å². The minimum Gasteiger partial charge on any atom is -0.496 e. The molecule has 0 amide bonds. The van der Waals surface area contributed by atoms with Gasteiger partial charge in [-0.15, -0.1) is 11.3 Å². The SMILES string of the molecule is COc1cc(CO)ccc1-c1cc2c(N[C@H](C)c3ccccc3)ncnc2s1. The van der Waals surface area contributed by atoms with E-state index in [1.54, 1.807) is 24.8 Å². The predicted molar refractivity (Wildman–Crippen MR) is 114 cm³/mol. The van der Waals surface area contributed by atoms with Crippen molar-refractivity contribution in [1.29, 1.82) is 0 Å². The van der Waals surface area contributed by atoms with E-state index in [0.717, 1.165) is 37.8 Å². The Labute approximate surface area is 167 Å². The summed E-state index contributed by atoms with van der Waals surface area (Å²) in [5.41, 5.74) is 3.00. The summed E-state index contributed by atoms with van der Waals surface area (Å²) in [4.78, 5) is 10.9. The molecule has 5 nitrogen and oxygen atoms in total. The Balaban J connectivity index is 1.72. The van der Waals surface area contributed by atoms with Crippen LogP contribution in [0.25, 0.3) is 20.7 Å². The number of ether oxygens (including phenoxy) is 1. The first-order valence-electron chi connectivity index (χ1n) is 9.03. The van der Waals surface area contributed by atoms with E-state index in [-0.39, 0.29) is 12.6 Å². The topological polar surface area (TPSA) is 67.3 Å². The minimum absolute atomic E-state index is 0.0139. The summed E-state index contributed by atoms with van der Waals surface area (Å²) >= 11 is 1.60. The van der Waals surface area contributed by atoms with Crippen molar-refractivity contribution in [3.63, 3.8) is 0 Å². The number of benzene rings is 2. The van der Waals surface area contributed by atoms with Gasteiger partial charge in [0.25, 0.3) is 0 Å². The van der Waals surface area contributed by atoms with Crippen LogP contribution in [0.15, 0.2) is 60.9 Å². The second-order valence-corrected chi connectivity index (χ2v) is 7.55. The Kier molecular flexibility index (Phi) is 5.23. The zero-order valence-corrected chi connectivity index (χ0v) is 16.5. The average Bonchev–Trinajstić information content (AvgIpc) is 3.19. The van der Waals surface area contributed by atoms with Gasteiger partial charge in [0.1, 0.15) is 22.7 Å². The van der Waals surface area contributed by atoms with E-state index in [9.17, 15) is 5.11 Å². The van der Waals surface area contributed by atoms with Gasteiger partial charge in [0.15, 0.2) is 0 Å². The monoisotopic (exact) mass is 391 g/mol. The standard InChI is InChI=1S/C22H21N3O2S/c1-14(16-6-4-3-5-7-16)25-21-18-11-20(28-22(18)24-13-23-21)17-9-8-15(12-26)10-19(17)27-2/h3-11,13-14,26H,12H2,1-2H3,(H,23,24,25)/t14-/m1/s1. The summed E-state index contributed by atoms with van der Waals surface area (Å²) in [7, 11) is 1.64. The largest absolute Gasteiger partial charge is 0.496 e. The predicted octanol–water partition coefficient (Wildman–Crippen LogP) is 5.03. The fraction of sp³-hybridized carbons (Fsp3) is 0.182. The number of methoxy groups -OCH3 is 1. The third kappa shape index (κ3) is 3.56. The molecule has 4 aromatic rings. The van der Waals surface area contributed by atoms with Crippen molar-refractivity contribution in [2.45, 2.75) is 19.6 Å². The number of nitrogens with one attached hydrogen (secondary N) is 1. The summed E-state index contributed by atoms with van der Waals surface area (Å²) in [6.07, 6.45) is 1.59. The maximum absolute atomic E-state index is 9.37. The molecule has 0 aliphatic carbocycles. The Morgan fingerprint density at radius 3 is 2.68 bits per heavy atom. The molecule has 0 fully saturated rings. The van der Waals surface area contributed by atoms with Crippen LogP contribution in [0, 0.1) is 0 Å². The molecular formula is C22H21N3O2S. The number of aliphatic hydroxyl groups excluding tert-OH is 1. The van der Waals surface area contributed by atoms with Crippen LogP contribution in [0.2, 0.25) is 0 Å². The van der Waals surface area contributed by atoms with Gasteiger partial charge in [-0.25, -0.2) is 9.97 Å². The Bertz CT molecular complexity index is 1100. The minimum atomic E-state index is -0.0139. The summed E-state index contributed by atoms with van der Waals surface area (Å²) in [5.74, 6) is 1.55.